The molecule has 0 aliphatic rings. The highest BCUT2D eigenvalue weighted by Crippen LogP contribution is 2.23. The van der Waals surface area contributed by atoms with Gasteiger partial charge in [0.15, 0.2) is 0 Å². The molecule has 0 fully saturated rings. The van der Waals surface area contributed by atoms with Crippen molar-refractivity contribution in [2.75, 3.05) is 19.7 Å². The second-order valence-electron chi connectivity index (χ2n) is 6.82. The van der Waals surface area contributed by atoms with Crippen molar-refractivity contribution < 1.29 is 23.6 Å². The molecular weight excluding hydrogens is 351 g/mol. The summed E-state index contributed by atoms with van der Waals surface area (Å²) in [5.41, 5.74) is 0.657. The normalized spacial score (nSPS) is 12.5. The lowest BCUT2D eigenvalue weighted by Gasteiger charge is -2.28. The number of amides is 1. The zero-order valence-electron chi connectivity index (χ0n) is 16.9. The third kappa shape index (κ3) is 7.27. The van der Waals surface area contributed by atoms with Crippen molar-refractivity contribution in [2.24, 2.45) is 0 Å². The van der Waals surface area contributed by atoms with Crippen LogP contribution in [0.1, 0.15) is 58.2 Å². The van der Waals surface area contributed by atoms with Gasteiger partial charge in [0.05, 0.1) is 6.61 Å². The lowest BCUT2D eigenvalue weighted by atomic mass is 9.98. The Balaban J connectivity index is 3.04. The van der Waals surface area contributed by atoms with Crippen LogP contribution in [0.25, 0.3) is 0 Å². The predicted molar refractivity (Wildman–Crippen MR) is 101 cm³/mol. The SMILES string of the molecule is CCON(CC)C(=O)CC(NCC(C)(C)OC=O)c1ccc(F)c(CC)c1. The Kier molecular flexibility index (Phi) is 9.38. The average molecular weight is 382 g/mol. The molecule has 0 aromatic heterocycles. The highest BCUT2D eigenvalue weighted by molar-refractivity contribution is 5.76. The quantitative estimate of drug-likeness (QED) is 0.444. The Hall–Kier alpha value is -1.99. The standard InChI is InChI=1S/C20H31FN2O4/c1-6-15-11-16(9-10-17(15)21)18(22-13-20(4,5)26-14-24)12-19(25)23(7-2)27-8-3/h9-11,14,18,22H,6-8,12-13H2,1-5H3. The lowest BCUT2D eigenvalue weighted by Crippen LogP contribution is -2.41. The molecule has 1 unspecified atom stereocenters. The van der Waals surface area contributed by atoms with Gasteiger partial charge in [-0.3, -0.25) is 14.4 Å². The summed E-state index contributed by atoms with van der Waals surface area (Å²) in [5.74, 6) is -0.436. The number of hydroxylamine groups is 2. The topological polar surface area (TPSA) is 67.9 Å². The molecule has 0 saturated carbocycles. The van der Waals surface area contributed by atoms with Gasteiger partial charge in [-0.2, -0.15) is 0 Å². The number of ether oxygens (including phenoxy) is 1. The molecule has 1 amide bonds. The van der Waals surface area contributed by atoms with Crippen LogP contribution in [-0.2, 0) is 25.6 Å². The molecule has 6 nitrogen and oxygen atoms in total. The van der Waals surface area contributed by atoms with Crippen LogP contribution in [0.2, 0.25) is 0 Å². The van der Waals surface area contributed by atoms with Gasteiger partial charge in [-0.25, -0.2) is 9.45 Å². The maximum Gasteiger partial charge on any atom is 0.293 e. The van der Waals surface area contributed by atoms with E-state index in [0.717, 1.165) is 5.56 Å². The van der Waals surface area contributed by atoms with E-state index in [1.165, 1.54) is 11.1 Å². The number of carbonyl (C=O) groups excluding carboxylic acids is 2. The van der Waals surface area contributed by atoms with Crippen molar-refractivity contribution >= 4 is 12.4 Å². The molecule has 0 bridgehead atoms. The summed E-state index contributed by atoms with van der Waals surface area (Å²) in [7, 11) is 0. The van der Waals surface area contributed by atoms with Crippen LogP contribution in [-0.4, -0.2) is 42.7 Å². The molecule has 0 heterocycles. The minimum absolute atomic E-state index is 0.139. The van der Waals surface area contributed by atoms with Crippen molar-refractivity contribution in [2.45, 2.75) is 59.1 Å². The van der Waals surface area contributed by atoms with Gasteiger partial charge in [0, 0.05) is 25.6 Å². The van der Waals surface area contributed by atoms with Gasteiger partial charge in [0.1, 0.15) is 11.4 Å². The second-order valence-corrected chi connectivity index (χ2v) is 6.82. The number of hydrogen-bond donors (Lipinski definition) is 1. The highest BCUT2D eigenvalue weighted by Gasteiger charge is 2.25. The van der Waals surface area contributed by atoms with Gasteiger partial charge in [-0.15, -0.1) is 0 Å². The number of nitrogens with zero attached hydrogens (tertiary/aromatic N) is 1. The van der Waals surface area contributed by atoms with Gasteiger partial charge in [-0.1, -0.05) is 19.1 Å². The molecule has 0 spiro atoms. The zero-order valence-corrected chi connectivity index (χ0v) is 16.9. The molecule has 152 valence electrons. The molecule has 1 aromatic carbocycles. The van der Waals surface area contributed by atoms with Crippen molar-refractivity contribution in [1.29, 1.82) is 0 Å². The summed E-state index contributed by atoms with van der Waals surface area (Å²) in [6, 6.07) is 4.49. The number of rotatable bonds is 12. The average Bonchev–Trinajstić information content (AvgIpc) is 2.63. The third-order valence-corrected chi connectivity index (χ3v) is 4.22. The van der Waals surface area contributed by atoms with Crippen LogP contribution in [0.5, 0.6) is 0 Å². The predicted octanol–water partition coefficient (Wildman–Crippen LogP) is 3.16. The highest BCUT2D eigenvalue weighted by atomic mass is 19.1. The van der Waals surface area contributed by atoms with E-state index in [9.17, 15) is 14.0 Å². The number of aryl methyl sites for hydroxylation is 1. The smallest absolute Gasteiger partial charge is 0.293 e. The summed E-state index contributed by atoms with van der Waals surface area (Å²) >= 11 is 0. The molecule has 0 saturated heterocycles. The first-order chi connectivity index (χ1) is 12.8. The van der Waals surface area contributed by atoms with Gasteiger partial charge in [0.25, 0.3) is 6.47 Å². The van der Waals surface area contributed by atoms with Crippen LogP contribution in [0.4, 0.5) is 4.39 Å². The van der Waals surface area contributed by atoms with Gasteiger partial charge < -0.3 is 10.1 Å². The molecule has 7 heteroatoms. The van der Waals surface area contributed by atoms with Crippen LogP contribution >= 0.6 is 0 Å². The summed E-state index contributed by atoms with van der Waals surface area (Å²) < 4.78 is 18.9. The molecule has 0 aliphatic carbocycles. The van der Waals surface area contributed by atoms with E-state index >= 15 is 0 Å². The summed E-state index contributed by atoms with van der Waals surface area (Å²) in [6.07, 6.45) is 0.694. The Morgan fingerprint density at radius 1 is 1.33 bits per heavy atom. The molecule has 0 aliphatic heterocycles. The van der Waals surface area contributed by atoms with E-state index in [1.807, 2.05) is 20.8 Å². The largest absolute Gasteiger partial charge is 0.461 e. The lowest BCUT2D eigenvalue weighted by molar-refractivity contribution is -0.184. The monoisotopic (exact) mass is 382 g/mol. The fourth-order valence-electron chi connectivity index (χ4n) is 2.70. The number of halogens is 1. The van der Waals surface area contributed by atoms with E-state index in [1.54, 1.807) is 26.0 Å². The van der Waals surface area contributed by atoms with E-state index < -0.39 is 5.60 Å². The fourth-order valence-corrected chi connectivity index (χ4v) is 2.70. The summed E-state index contributed by atoms with van der Waals surface area (Å²) in [4.78, 5) is 28.6. The first kappa shape index (κ1) is 23.0. The van der Waals surface area contributed by atoms with E-state index in [4.69, 9.17) is 9.57 Å². The van der Waals surface area contributed by atoms with Crippen molar-refractivity contribution in [3.8, 4) is 0 Å². The Bertz CT molecular complexity index is 622. The maximum atomic E-state index is 13.9. The Morgan fingerprint density at radius 3 is 2.59 bits per heavy atom. The molecule has 1 N–H and O–H groups in total. The van der Waals surface area contributed by atoms with Crippen molar-refractivity contribution in [3.05, 3.63) is 35.1 Å². The third-order valence-electron chi connectivity index (χ3n) is 4.22. The van der Waals surface area contributed by atoms with Crippen molar-refractivity contribution in [3.63, 3.8) is 0 Å². The first-order valence-corrected chi connectivity index (χ1v) is 9.34. The number of hydrogen-bond acceptors (Lipinski definition) is 5. The minimum Gasteiger partial charge on any atom is -0.461 e. The number of carbonyl (C=O) groups is 2. The van der Waals surface area contributed by atoms with Gasteiger partial charge in [-0.05, 0) is 51.3 Å². The van der Waals surface area contributed by atoms with Crippen molar-refractivity contribution in [1.82, 2.24) is 10.4 Å². The molecule has 0 radical (unpaired) electrons. The van der Waals surface area contributed by atoms with Crippen LogP contribution in [0.15, 0.2) is 18.2 Å². The molecule has 1 aromatic rings. The molecule has 27 heavy (non-hydrogen) atoms. The zero-order chi connectivity index (χ0) is 20.4. The van der Waals surface area contributed by atoms with Gasteiger partial charge >= 0.3 is 0 Å². The van der Waals surface area contributed by atoms with E-state index in [2.05, 4.69) is 5.32 Å². The number of benzene rings is 1. The van der Waals surface area contributed by atoms with E-state index in [0.29, 0.717) is 38.2 Å². The second kappa shape index (κ2) is 11.0. The molecule has 1 atom stereocenters. The van der Waals surface area contributed by atoms with Gasteiger partial charge in [0.2, 0.25) is 5.91 Å². The Morgan fingerprint density at radius 2 is 2.04 bits per heavy atom. The van der Waals surface area contributed by atoms with Crippen LogP contribution in [0, 0.1) is 5.82 Å². The summed E-state index contributed by atoms with van der Waals surface area (Å²) in [6.45, 7) is 10.7. The summed E-state index contributed by atoms with van der Waals surface area (Å²) in [5, 5.41) is 4.60. The minimum atomic E-state index is -0.735. The Labute approximate surface area is 161 Å². The van der Waals surface area contributed by atoms with E-state index in [-0.39, 0.29) is 24.2 Å². The fraction of sp³-hybridized carbons (Fsp3) is 0.600. The van der Waals surface area contributed by atoms with Crippen LogP contribution < -0.4 is 5.32 Å². The van der Waals surface area contributed by atoms with Crippen LogP contribution in [0.3, 0.4) is 0 Å². The molecular formula is C20H31FN2O4. The maximum absolute atomic E-state index is 13.9. The number of nitrogens with one attached hydrogen (secondary N) is 1. The molecule has 1 rings (SSSR count). The first-order valence-electron chi connectivity index (χ1n) is 9.34.